The summed E-state index contributed by atoms with van der Waals surface area (Å²) in [5, 5.41) is 6.76. The van der Waals surface area contributed by atoms with Gasteiger partial charge in [-0.05, 0) is 51.2 Å². The maximum Gasteiger partial charge on any atom is 0.262 e. The maximum absolute atomic E-state index is 13.1. The molecule has 170 valence electrons. The number of nitrogens with zero attached hydrogens (tertiary/aromatic N) is 6. The Hall–Kier alpha value is -3.30. The summed E-state index contributed by atoms with van der Waals surface area (Å²) in [6.07, 6.45) is 1.71. The van der Waals surface area contributed by atoms with E-state index >= 15 is 0 Å². The van der Waals surface area contributed by atoms with Gasteiger partial charge in [-0.1, -0.05) is 0 Å². The molecule has 0 amide bonds. The van der Waals surface area contributed by atoms with Crippen LogP contribution in [0.15, 0.2) is 46.7 Å². The molecule has 0 saturated carbocycles. The number of rotatable bonds is 5. The standard InChI is InChI=1S/C24H27N7OS/c1-4-31-21-19(15-20(23(31)32)22-25-9-14-33-22)16(2)26-24(28-21)27-17-5-7-18(8-6-17)30-12-10-29(3)11-13-30/h5-9,14-15H,4,10-13H2,1-3H3,(H,26,27,28). The van der Waals surface area contributed by atoms with Gasteiger partial charge in [0.05, 0.1) is 11.3 Å². The first kappa shape index (κ1) is 21.5. The van der Waals surface area contributed by atoms with Crippen LogP contribution in [0, 0.1) is 6.92 Å². The third-order valence-electron chi connectivity index (χ3n) is 6.11. The highest BCUT2D eigenvalue weighted by Crippen LogP contribution is 2.26. The monoisotopic (exact) mass is 461 g/mol. The number of hydrogen-bond donors (Lipinski definition) is 1. The molecule has 1 saturated heterocycles. The number of piperazine rings is 1. The molecule has 0 atom stereocenters. The van der Waals surface area contributed by atoms with Gasteiger partial charge in [0.2, 0.25) is 5.95 Å². The number of pyridine rings is 1. The molecule has 5 rings (SSSR count). The zero-order chi connectivity index (χ0) is 22.9. The van der Waals surface area contributed by atoms with Crippen molar-refractivity contribution in [2.24, 2.45) is 0 Å². The van der Waals surface area contributed by atoms with Gasteiger partial charge in [0.1, 0.15) is 10.7 Å². The lowest BCUT2D eigenvalue weighted by atomic mass is 10.2. The molecule has 1 N–H and O–H groups in total. The van der Waals surface area contributed by atoms with Crippen LogP contribution >= 0.6 is 11.3 Å². The van der Waals surface area contributed by atoms with Crippen LogP contribution in [0.2, 0.25) is 0 Å². The van der Waals surface area contributed by atoms with Gasteiger partial charge in [0.15, 0.2) is 0 Å². The van der Waals surface area contributed by atoms with E-state index in [1.54, 1.807) is 10.8 Å². The smallest absolute Gasteiger partial charge is 0.262 e. The largest absolute Gasteiger partial charge is 0.369 e. The van der Waals surface area contributed by atoms with Crippen LogP contribution in [0.5, 0.6) is 0 Å². The van der Waals surface area contributed by atoms with E-state index in [0.717, 1.165) is 42.9 Å². The Morgan fingerprint density at radius 1 is 1.09 bits per heavy atom. The van der Waals surface area contributed by atoms with Crippen LogP contribution in [0.1, 0.15) is 12.6 Å². The minimum atomic E-state index is -0.0828. The van der Waals surface area contributed by atoms with Crippen LogP contribution in [0.4, 0.5) is 17.3 Å². The lowest BCUT2D eigenvalue weighted by Gasteiger charge is -2.34. The number of nitrogens with one attached hydrogen (secondary N) is 1. The van der Waals surface area contributed by atoms with E-state index in [1.165, 1.54) is 17.0 Å². The zero-order valence-electron chi connectivity index (χ0n) is 19.1. The second kappa shape index (κ2) is 8.92. The number of hydrogen-bond acceptors (Lipinski definition) is 8. The minimum absolute atomic E-state index is 0.0828. The van der Waals surface area contributed by atoms with E-state index in [9.17, 15) is 4.79 Å². The van der Waals surface area contributed by atoms with Crippen molar-refractivity contribution in [3.8, 4) is 10.6 Å². The summed E-state index contributed by atoms with van der Waals surface area (Å²) in [6.45, 7) is 8.64. The van der Waals surface area contributed by atoms with Crippen LogP contribution in [-0.4, -0.2) is 57.6 Å². The molecule has 9 heteroatoms. The fourth-order valence-corrected chi connectivity index (χ4v) is 4.84. The molecule has 0 unspecified atom stereocenters. The highest BCUT2D eigenvalue weighted by Gasteiger charge is 2.17. The molecule has 0 spiro atoms. The molecule has 1 fully saturated rings. The van der Waals surface area contributed by atoms with E-state index in [-0.39, 0.29) is 5.56 Å². The molecule has 33 heavy (non-hydrogen) atoms. The third kappa shape index (κ3) is 4.21. The number of fused-ring (bicyclic) bond motifs is 1. The summed E-state index contributed by atoms with van der Waals surface area (Å²) in [5.41, 5.74) is 4.09. The lowest BCUT2D eigenvalue weighted by Crippen LogP contribution is -2.44. The number of thiazole rings is 1. The van der Waals surface area contributed by atoms with Crippen LogP contribution in [-0.2, 0) is 6.54 Å². The highest BCUT2D eigenvalue weighted by atomic mass is 32.1. The fourth-order valence-electron chi connectivity index (χ4n) is 4.20. The fraction of sp³-hybridized carbons (Fsp3) is 0.333. The first-order valence-electron chi connectivity index (χ1n) is 11.2. The van der Waals surface area contributed by atoms with Gasteiger partial charge in [-0.15, -0.1) is 11.3 Å². The average Bonchev–Trinajstić information content (AvgIpc) is 3.35. The number of anilines is 3. The Labute approximate surface area is 196 Å². The van der Waals surface area contributed by atoms with E-state index in [2.05, 4.69) is 56.4 Å². The van der Waals surface area contributed by atoms with Crippen molar-refractivity contribution in [1.82, 2.24) is 24.4 Å². The van der Waals surface area contributed by atoms with Crippen molar-refractivity contribution in [3.05, 3.63) is 58.0 Å². The lowest BCUT2D eigenvalue weighted by molar-refractivity contribution is 0.313. The molecule has 0 aliphatic carbocycles. The summed E-state index contributed by atoms with van der Waals surface area (Å²) in [5.74, 6) is 0.482. The Balaban J connectivity index is 1.46. The normalized spacial score (nSPS) is 14.7. The predicted octanol–water partition coefficient (Wildman–Crippen LogP) is 3.74. The van der Waals surface area contributed by atoms with Crippen molar-refractivity contribution < 1.29 is 0 Å². The summed E-state index contributed by atoms with van der Waals surface area (Å²) in [4.78, 5) is 31.6. The molecule has 0 bridgehead atoms. The number of aromatic nitrogens is 4. The summed E-state index contributed by atoms with van der Waals surface area (Å²) in [6, 6.07) is 10.2. The maximum atomic E-state index is 13.1. The molecule has 1 aliphatic heterocycles. The van der Waals surface area contributed by atoms with Crippen molar-refractivity contribution in [2.75, 3.05) is 43.4 Å². The molecule has 3 aromatic heterocycles. The van der Waals surface area contributed by atoms with Gasteiger partial charge in [-0.25, -0.2) is 9.97 Å². The Morgan fingerprint density at radius 2 is 1.85 bits per heavy atom. The van der Waals surface area contributed by atoms with E-state index < -0.39 is 0 Å². The SMILES string of the molecule is CCn1c(=O)c(-c2nccs2)cc2c(C)nc(Nc3ccc(N4CCN(C)CC4)cc3)nc21. The Bertz CT molecular complexity index is 1320. The van der Waals surface area contributed by atoms with Crippen molar-refractivity contribution in [3.63, 3.8) is 0 Å². The first-order valence-corrected chi connectivity index (χ1v) is 12.0. The van der Waals surface area contributed by atoms with Gasteiger partial charge in [-0.2, -0.15) is 4.98 Å². The van der Waals surface area contributed by atoms with Gasteiger partial charge in [-0.3, -0.25) is 9.36 Å². The van der Waals surface area contributed by atoms with E-state index in [4.69, 9.17) is 4.98 Å². The third-order valence-corrected chi connectivity index (χ3v) is 6.91. The average molecular weight is 462 g/mol. The number of likely N-dealkylation sites (N-methyl/N-ethyl adjacent to an activating group) is 1. The zero-order valence-corrected chi connectivity index (χ0v) is 19.9. The van der Waals surface area contributed by atoms with Crippen molar-refractivity contribution in [2.45, 2.75) is 20.4 Å². The molecule has 8 nitrogen and oxygen atoms in total. The van der Waals surface area contributed by atoms with Gasteiger partial charge >= 0.3 is 0 Å². The minimum Gasteiger partial charge on any atom is -0.369 e. The second-order valence-electron chi connectivity index (χ2n) is 8.28. The molecule has 4 heterocycles. The predicted molar refractivity (Wildman–Crippen MR) is 135 cm³/mol. The van der Waals surface area contributed by atoms with E-state index in [0.29, 0.717) is 28.7 Å². The molecular formula is C24H27N7OS. The van der Waals surface area contributed by atoms with Crippen LogP contribution < -0.4 is 15.8 Å². The van der Waals surface area contributed by atoms with Gasteiger partial charge in [0.25, 0.3) is 5.56 Å². The molecule has 4 aromatic rings. The van der Waals surface area contributed by atoms with E-state index in [1.807, 2.05) is 25.3 Å². The number of benzene rings is 1. The Kier molecular flexibility index (Phi) is 5.82. The van der Waals surface area contributed by atoms with Crippen LogP contribution in [0.3, 0.4) is 0 Å². The van der Waals surface area contributed by atoms with Gasteiger partial charge in [0, 0.05) is 61.1 Å². The molecular weight excluding hydrogens is 434 g/mol. The van der Waals surface area contributed by atoms with Gasteiger partial charge < -0.3 is 15.1 Å². The summed E-state index contributed by atoms with van der Waals surface area (Å²) in [7, 11) is 2.16. The summed E-state index contributed by atoms with van der Waals surface area (Å²) >= 11 is 1.46. The molecule has 1 aromatic carbocycles. The quantitative estimate of drug-likeness (QED) is 0.485. The molecule has 1 aliphatic rings. The summed E-state index contributed by atoms with van der Waals surface area (Å²) < 4.78 is 1.70. The van der Waals surface area contributed by atoms with Crippen LogP contribution in [0.25, 0.3) is 21.6 Å². The molecule has 0 radical (unpaired) electrons. The van der Waals surface area contributed by atoms with Crippen molar-refractivity contribution in [1.29, 1.82) is 0 Å². The topological polar surface area (TPSA) is 79.2 Å². The Morgan fingerprint density at radius 3 is 2.52 bits per heavy atom. The second-order valence-corrected chi connectivity index (χ2v) is 9.17. The number of aryl methyl sites for hydroxylation is 2. The van der Waals surface area contributed by atoms with Crippen molar-refractivity contribution >= 4 is 39.7 Å². The first-order chi connectivity index (χ1) is 16.0. The highest BCUT2D eigenvalue weighted by molar-refractivity contribution is 7.13.